The van der Waals surface area contributed by atoms with Gasteiger partial charge in [0.25, 0.3) is 0 Å². The summed E-state index contributed by atoms with van der Waals surface area (Å²) in [5, 5.41) is 8.85. The van der Waals surface area contributed by atoms with Crippen molar-refractivity contribution >= 4 is 34.6 Å². The van der Waals surface area contributed by atoms with Gasteiger partial charge in [0.2, 0.25) is 0 Å². The Morgan fingerprint density at radius 1 is 1.56 bits per heavy atom. The van der Waals surface area contributed by atoms with Crippen molar-refractivity contribution in [3.05, 3.63) is 39.0 Å². The average molecular weight is 327 g/mol. The lowest BCUT2D eigenvalue weighted by atomic mass is 10.1. The fourth-order valence-electron chi connectivity index (χ4n) is 1.09. The van der Waals surface area contributed by atoms with E-state index in [1.54, 1.807) is 13.0 Å². The highest BCUT2D eigenvalue weighted by Gasteiger charge is 2.10. The van der Waals surface area contributed by atoms with Crippen molar-refractivity contribution in [2.45, 2.75) is 6.92 Å². The lowest BCUT2D eigenvalue weighted by molar-refractivity contribution is -0.137. The van der Waals surface area contributed by atoms with Crippen LogP contribution in [0.1, 0.15) is 12.5 Å². The van der Waals surface area contributed by atoms with Gasteiger partial charge in [-0.2, -0.15) is 5.26 Å². The topological polar surface area (TPSA) is 50.1 Å². The average Bonchev–Trinajstić information content (AvgIpc) is 2.28. The third kappa shape index (κ3) is 3.35. The molecule has 0 radical (unpaired) electrons. The summed E-state index contributed by atoms with van der Waals surface area (Å²) >= 11 is 2.15. The van der Waals surface area contributed by atoms with Crippen LogP contribution in [0, 0.1) is 14.9 Å². The number of benzene rings is 1. The molecule has 0 atom stereocenters. The van der Waals surface area contributed by atoms with Gasteiger partial charge in [-0.15, -0.1) is 0 Å². The van der Waals surface area contributed by atoms with E-state index in [1.807, 2.05) is 30.3 Å². The normalized spacial score (nSPS) is 10.7. The van der Waals surface area contributed by atoms with E-state index in [-0.39, 0.29) is 12.2 Å². The van der Waals surface area contributed by atoms with Crippen molar-refractivity contribution in [1.29, 1.82) is 5.26 Å². The van der Waals surface area contributed by atoms with Gasteiger partial charge in [0.1, 0.15) is 11.6 Å². The number of esters is 1. The van der Waals surface area contributed by atoms with Gasteiger partial charge in [-0.1, -0.05) is 18.2 Å². The van der Waals surface area contributed by atoms with Gasteiger partial charge in [-0.3, -0.25) is 0 Å². The quantitative estimate of drug-likeness (QED) is 0.371. The SMILES string of the molecule is CCOC(=O)/C(C#N)=C/c1ccccc1I. The molecule has 1 aromatic carbocycles. The fourth-order valence-corrected chi connectivity index (χ4v) is 1.64. The molecule has 4 heteroatoms. The first-order valence-electron chi connectivity index (χ1n) is 4.72. The van der Waals surface area contributed by atoms with Gasteiger partial charge in [0.15, 0.2) is 0 Å². The Bertz CT molecular complexity index is 460. The van der Waals surface area contributed by atoms with Crippen LogP contribution in [0.25, 0.3) is 6.08 Å². The molecule has 0 N–H and O–H groups in total. The summed E-state index contributed by atoms with van der Waals surface area (Å²) in [4.78, 5) is 11.4. The van der Waals surface area contributed by atoms with Gasteiger partial charge in [-0.05, 0) is 47.2 Å². The molecule has 0 unspecified atom stereocenters. The van der Waals surface area contributed by atoms with Crippen LogP contribution in [0.4, 0.5) is 0 Å². The number of hydrogen-bond donors (Lipinski definition) is 0. The van der Waals surface area contributed by atoms with E-state index in [4.69, 9.17) is 10.00 Å². The Morgan fingerprint density at radius 3 is 2.81 bits per heavy atom. The van der Waals surface area contributed by atoms with E-state index in [0.29, 0.717) is 0 Å². The van der Waals surface area contributed by atoms with Crippen molar-refractivity contribution < 1.29 is 9.53 Å². The molecule has 0 heterocycles. The standard InChI is InChI=1S/C12H10INO2/c1-2-16-12(15)10(8-14)7-9-5-3-4-6-11(9)13/h3-7H,2H2,1H3/b10-7+. The van der Waals surface area contributed by atoms with Crippen molar-refractivity contribution in [2.75, 3.05) is 6.61 Å². The van der Waals surface area contributed by atoms with Crippen molar-refractivity contribution in [3.8, 4) is 6.07 Å². The minimum absolute atomic E-state index is 0.0194. The van der Waals surface area contributed by atoms with Crippen LogP contribution in [0.5, 0.6) is 0 Å². The number of carbonyl (C=O) groups is 1. The molecule has 0 amide bonds. The molecule has 0 saturated heterocycles. The zero-order chi connectivity index (χ0) is 12.0. The smallest absolute Gasteiger partial charge is 0.348 e. The van der Waals surface area contributed by atoms with E-state index in [9.17, 15) is 4.79 Å². The first-order chi connectivity index (χ1) is 7.69. The molecule has 1 aromatic rings. The molecule has 1 rings (SSSR count). The number of hydrogen-bond acceptors (Lipinski definition) is 3. The van der Waals surface area contributed by atoms with Crippen LogP contribution in [0.2, 0.25) is 0 Å². The van der Waals surface area contributed by atoms with Crippen molar-refractivity contribution in [2.24, 2.45) is 0 Å². The number of carbonyl (C=O) groups excluding carboxylic acids is 1. The summed E-state index contributed by atoms with van der Waals surface area (Å²) in [6.45, 7) is 1.98. The number of nitriles is 1. The molecule has 0 fully saturated rings. The van der Waals surface area contributed by atoms with Crippen LogP contribution < -0.4 is 0 Å². The number of rotatable bonds is 3. The van der Waals surface area contributed by atoms with Crippen LogP contribution in [0.15, 0.2) is 29.8 Å². The van der Waals surface area contributed by atoms with Crippen molar-refractivity contribution in [3.63, 3.8) is 0 Å². The number of halogens is 1. The van der Waals surface area contributed by atoms with Gasteiger partial charge in [-0.25, -0.2) is 4.79 Å². The second-order valence-corrected chi connectivity index (χ2v) is 4.07. The molecule has 16 heavy (non-hydrogen) atoms. The lowest BCUT2D eigenvalue weighted by Gasteiger charge is -2.01. The van der Waals surface area contributed by atoms with Gasteiger partial charge in [0, 0.05) is 3.57 Å². The Morgan fingerprint density at radius 2 is 2.25 bits per heavy atom. The van der Waals surface area contributed by atoms with Crippen LogP contribution in [0.3, 0.4) is 0 Å². The third-order valence-electron chi connectivity index (χ3n) is 1.82. The molecular weight excluding hydrogens is 317 g/mol. The molecular formula is C12H10INO2. The van der Waals surface area contributed by atoms with E-state index >= 15 is 0 Å². The third-order valence-corrected chi connectivity index (χ3v) is 2.80. The van der Waals surface area contributed by atoms with Gasteiger partial charge >= 0.3 is 5.97 Å². The Balaban J connectivity index is 3.02. The number of ether oxygens (including phenoxy) is 1. The molecule has 3 nitrogen and oxygen atoms in total. The zero-order valence-corrected chi connectivity index (χ0v) is 10.9. The van der Waals surface area contributed by atoms with E-state index < -0.39 is 5.97 Å². The minimum Gasteiger partial charge on any atom is -0.462 e. The van der Waals surface area contributed by atoms with Crippen molar-refractivity contribution in [1.82, 2.24) is 0 Å². The highest BCUT2D eigenvalue weighted by atomic mass is 127. The maximum atomic E-state index is 11.4. The van der Waals surface area contributed by atoms with E-state index in [1.165, 1.54) is 0 Å². The van der Waals surface area contributed by atoms with Crippen LogP contribution >= 0.6 is 22.6 Å². The highest BCUT2D eigenvalue weighted by molar-refractivity contribution is 14.1. The maximum absolute atomic E-state index is 11.4. The molecule has 0 bridgehead atoms. The Hall–Kier alpha value is -1.35. The monoisotopic (exact) mass is 327 g/mol. The van der Waals surface area contributed by atoms with Gasteiger partial charge in [0.05, 0.1) is 6.61 Å². The first kappa shape index (κ1) is 12.7. The summed E-state index contributed by atoms with van der Waals surface area (Å²) in [6, 6.07) is 9.35. The number of nitrogens with zero attached hydrogens (tertiary/aromatic N) is 1. The van der Waals surface area contributed by atoms with Gasteiger partial charge < -0.3 is 4.74 Å². The molecule has 0 spiro atoms. The van der Waals surface area contributed by atoms with Crippen LogP contribution in [-0.4, -0.2) is 12.6 Å². The minimum atomic E-state index is -0.579. The summed E-state index contributed by atoms with van der Waals surface area (Å²) in [5.41, 5.74) is 0.860. The Kier molecular flexibility index (Phi) is 4.99. The van der Waals surface area contributed by atoms with E-state index in [0.717, 1.165) is 9.13 Å². The van der Waals surface area contributed by atoms with E-state index in [2.05, 4.69) is 22.6 Å². The molecule has 0 aliphatic heterocycles. The molecule has 0 saturated carbocycles. The fraction of sp³-hybridized carbons (Fsp3) is 0.167. The zero-order valence-electron chi connectivity index (χ0n) is 8.74. The summed E-state index contributed by atoms with van der Waals surface area (Å²) in [7, 11) is 0. The largest absolute Gasteiger partial charge is 0.462 e. The second-order valence-electron chi connectivity index (χ2n) is 2.91. The molecule has 0 aliphatic rings. The molecule has 82 valence electrons. The highest BCUT2D eigenvalue weighted by Crippen LogP contribution is 2.15. The molecule has 0 aliphatic carbocycles. The second kappa shape index (κ2) is 6.28. The predicted octanol–water partition coefficient (Wildman–Crippen LogP) is 2.76. The lowest BCUT2D eigenvalue weighted by Crippen LogP contribution is -2.06. The summed E-state index contributed by atoms with van der Waals surface area (Å²) in [6.07, 6.45) is 1.54. The maximum Gasteiger partial charge on any atom is 0.348 e. The first-order valence-corrected chi connectivity index (χ1v) is 5.80. The summed E-state index contributed by atoms with van der Waals surface area (Å²) < 4.78 is 5.76. The Labute approximate surface area is 108 Å². The van der Waals surface area contributed by atoms with Crippen LogP contribution in [-0.2, 0) is 9.53 Å². The summed E-state index contributed by atoms with van der Waals surface area (Å²) in [5.74, 6) is -0.579. The molecule has 0 aromatic heterocycles. The predicted molar refractivity (Wildman–Crippen MR) is 69.4 cm³/mol.